The normalized spacial score (nSPS) is 10.9. The topological polar surface area (TPSA) is 207 Å². The molecule has 2 aromatic rings. The van der Waals surface area contributed by atoms with E-state index in [2.05, 4.69) is 10.3 Å². The molecular weight excluding hydrogens is 747 g/mol. The van der Waals surface area contributed by atoms with Crippen molar-refractivity contribution in [1.82, 2.24) is 5.32 Å². The van der Waals surface area contributed by atoms with Crippen LogP contribution in [0.5, 0.6) is 0 Å². The van der Waals surface area contributed by atoms with Crippen LogP contribution in [-0.4, -0.2) is 84.8 Å². The van der Waals surface area contributed by atoms with E-state index in [1.807, 2.05) is 41.6 Å². The number of esters is 2. The second-order valence-electron chi connectivity index (χ2n) is 11.5. The van der Waals surface area contributed by atoms with Gasteiger partial charge in [-0.05, 0) is 77.0 Å². The number of rotatable bonds is 24. The first-order valence-corrected chi connectivity index (χ1v) is 21.3. The molecule has 0 aromatic heterocycles. The monoisotopic (exact) mass is 797 g/mol. The number of hydrogen-bond acceptors (Lipinski definition) is 13. The number of amidine groups is 1. The van der Waals surface area contributed by atoms with Crippen molar-refractivity contribution in [2.24, 2.45) is 5.73 Å². The summed E-state index contributed by atoms with van der Waals surface area (Å²) >= 11 is 0. The van der Waals surface area contributed by atoms with Gasteiger partial charge < -0.3 is 14.8 Å². The summed E-state index contributed by atoms with van der Waals surface area (Å²) in [4.78, 5) is 61.9. The number of nitrogens with one attached hydrogen (secondary N) is 2. The number of Topliss-reactive ketones (excluding diaryl/α,β-unsaturated/α-hetero) is 2. The lowest BCUT2D eigenvalue weighted by Gasteiger charge is -2.09. The van der Waals surface area contributed by atoms with Crippen LogP contribution in [0.2, 0.25) is 0 Å². The Kier molecular flexibility index (Phi) is 24.4. The summed E-state index contributed by atoms with van der Waals surface area (Å²) in [5, 5.41) is 20.0. The van der Waals surface area contributed by atoms with E-state index < -0.39 is 22.5 Å². The number of benzene rings is 2. The minimum absolute atomic E-state index is 0.00775. The van der Waals surface area contributed by atoms with Crippen LogP contribution >= 0.6 is 43.2 Å². The highest BCUT2D eigenvalue weighted by Crippen LogP contribution is 2.39. The zero-order chi connectivity index (χ0) is 38.9. The molecular formula is C35H51N5O8S4+2. The number of carbonyl (C=O) groups is 4. The zero-order valence-corrected chi connectivity index (χ0v) is 33.7. The Morgan fingerprint density at radius 1 is 0.846 bits per heavy atom. The first-order chi connectivity index (χ1) is 24.7. The third-order valence-electron chi connectivity index (χ3n) is 6.75. The van der Waals surface area contributed by atoms with Gasteiger partial charge in [-0.3, -0.25) is 35.8 Å². The van der Waals surface area contributed by atoms with Gasteiger partial charge in [0.05, 0.1) is 36.7 Å². The molecule has 0 atom stereocenters. The van der Waals surface area contributed by atoms with Crippen molar-refractivity contribution >= 4 is 83.9 Å². The van der Waals surface area contributed by atoms with E-state index in [1.165, 1.54) is 60.1 Å². The van der Waals surface area contributed by atoms with Crippen LogP contribution in [-0.2, 0) is 19.1 Å². The fourth-order valence-electron chi connectivity index (χ4n) is 3.83. The fourth-order valence-corrected chi connectivity index (χ4v) is 7.95. The molecule has 0 aliphatic heterocycles. The van der Waals surface area contributed by atoms with Crippen LogP contribution in [0.25, 0.3) is 0 Å². The van der Waals surface area contributed by atoms with Crippen molar-refractivity contribution < 1.29 is 44.0 Å². The molecule has 2 rings (SSSR count). The van der Waals surface area contributed by atoms with Gasteiger partial charge in [-0.15, -0.1) is 0 Å². The Bertz CT molecular complexity index is 1540. The highest BCUT2D eigenvalue weighted by molar-refractivity contribution is 8.77. The Hall–Kier alpha value is -3.38. The van der Waals surface area contributed by atoms with E-state index in [9.17, 15) is 29.3 Å². The van der Waals surface area contributed by atoms with E-state index >= 15 is 0 Å². The van der Waals surface area contributed by atoms with Gasteiger partial charge >= 0.3 is 11.9 Å². The maximum absolute atomic E-state index is 12.3. The van der Waals surface area contributed by atoms with Crippen LogP contribution in [0.3, 0.4) is 0 Å². The number of ketones is 2. The summed E-state index contributed by atoms with van der Waals surface area (Å²) in [7, 11) is 8.24. The number of nitro benzene ring substituents is 1. The second kappa shape index (κ2) is 27.3. The number of carbonyl (C=O) groups excluding carboxylic acids is 4. The molecule has 0 heterocycles. The third kappa shape index (κ3) is 21.2. The zero-order valence-electron chi connectivity index (χ0n) is 30.5. The van der Waals surface area contributed by atoms with E-state index in [0.717, 1.165) is 60.3 Å². The van der Waals surface area contributed by atoms with Gasteiger partial charge in [-0.2, -0.15) is 0 Å². The number of nitro groups is 1. The predicted molar refractivity (Wildman–Crippen MR) is 212 cm³/mol. The molecule has 0 fully saturated rings. The van der Waals surface area contributed by atoms with Gasteiger partial charge in [-0.25, -0.2) is 9.59 Å². The molecule has 52 heavy (non-hydrogen) atoms. The van der Waals surface area contributed by atoms with Crippen LogP contribution in [0.4, 0.5) is 5.69 Å². The molecule has 0 spiro atoms. The molecule has 286 valence electrons. The summed E-state index contributed by atoms with van der Waals surface area (Å²) in [5.74, 6) is 1.41. The largest absolute Gasteiger partial charge is 0.462 e. The molecule has 0 aliphatic rings. The van der Waals surface area contributed by atoms with Gasteiger partial charge in [0.15, 0.2) is 0 Å². The summed E-state index contributed by atoms with van der Waals surface area (Å²) in [6, 6.07) is 9.31. The van der Waals surface area contributed by atoms with Crippen molar-refractivity contribution in [3.8, 4) is 0 Å². The van der Waals surface area contributed by atoms with E-state index in [4.69, 9.17) is 20.6 Å². The first-order valence-electron chi connectivity index (χ1n) is 16.6. The van der Waals surface area contributed by atoms with Gasteiger partial charge in [0.2, 0.25) is 5.84 Å². The highest BCUT2D eigenvalue weighted by Gasteiger charge is 2.22. The summed E-state index contributed by atoms with van der Waals surface area (Å²) in [5.41, 5.74) is 7.38. The van der Waals surface area contributed by atoms with Gasteiger partial charge in [0.25, 0.3) is 5.69 Å². The number of nitrogens with two attached hydrogens (primary N) is 2. The van der Waals surface area contributed by atoms with E-state index in [0.29, 0.717) is 16.0 Å². The van der Waals surface area contributed by atoms with Crippen molar-refractivity contribution in [2.45, 2.75) is 76.0 Å². The lowest BCUT2D eigenvalue weighted by Crippen LogP contribution is -2.75. The molecule has 17 heteroatoms. The Balaban J connectivity index is 0.000000636. The van der Waals surface area contributed by atoms with Crippen molar-refractivity contribution in [1.29, 1.82) is 0 Å². The molecule has 0 radical (unpaired) electrons. The first kappa shape index (κ1) is 46.6. The molecule has 13 nitrogen and oxygen atoms in total. The Morgan fingerprint density at radius 2 is 1.38 bits per heavy atom. The second-order valence-corrected chi connectivity index (χ2v) is 16.5. The Labute approximate surface area is 321 Å². The molecule has 0 unspecified atom stereocenters. The molecule has 0 saturated carbocycles. The van der Waals surface area contributed by atoms with Crippen LogP contribution < -0.4 is 21.5 Å². The number of ether oxygens (including phenoxy) is 2. The summed E-state index contributed by atoms with van der Waals surface area (Å²) in [6.07, 6.45) is 4.46. The fraction of sp³-hybridized carbons (Fsp3) is 0.486. The third-order valence-corrected chi connectivity index (χ3v) is 11.5. The molecule has 0 amide bonds. The van der Waals surface area contributed by atoms with Gasteiger partial charge in [0.1, 0.15) is 22.8 Å². The summed E-state index contributed by atoms with van der Waals surface area (Å²) < 4.78 is 10.1. The van der Waals surface area contributed by atoms with Crippen molar-refractivity contribution in [2.75, 3.05) is 44.9 Å². The molecule has 6 N–H and O–H groups in total. The van der Waals surface area contributed by atoms with Crippen molar-refractivity contribution in [3.05, 3.63) is 63.2 Å². The maximum Gasteiger partial charge on any atom is 0.345 e. The SMILES string of the molecule is CC(=O)CCOC(=O)c1cc(SSc2ccc([N+](=O)[O-])c(C(=O)OCCC(C)=O)c2)ccc1C.CNCCCC[NH+]=C(N)CCSSCCC(C)=[NH2+]. The van der Waals surface area contributed by atoms with E-state index in [-0.39, 0.29) is 43.2 Å². The number of nitrogens with zero attached hydrogens (tertiary/aromatic N) is 1. The van der Waals surface area contributed by atoms with Gasteiger partial charge in [0, 0.05) is 53.5 Å². The number of hydrogen-bond donors (Lipinski definition) is 4. The minimum atomic E-state index is -0.883. The number of unbranched alkanes of at least 4 members (excludes halogenated alkanes) is 1. The minimum Gasteiger partial charge on any atom is -0.462 e. The van der Waals surface area contributed by atoms with Crippen LogP contribution in [0, 0.1) is 17.0 Å². The molecule has 0 aliphatic carbocycles. The van der Waals surface area contributed by atoms with Gasteiger partial charge in [-0.1, -0.05) is 49.2 Å². The van der Waals surface area contributed by atoms with E-state index in [1.54, 1.807) is 19.1 Å². The average molecular weight is 798 g/mol. The molecule has 0 saturated heterocycles. The highest BCUT2D eigenvalue weighted by atomic mass is 33.1. The lowest BCUT2D eigenvalue weighted by molar-refractivity contribution is -0.460. The standard InChI is InChI=1S/C23H23NO8S2.C12H26N4S2/c1-14-4-5-17(12-19(14)22(27)31-10-8-15(2)25)33-34-18-6-7-21(24(29)30)20(13-18)23(28)32-11-9-16(3)26;1-11(13)5-9-17-18-10-6-12(14)16-8-4-3-7-15-2/h4-7,12-13H,8-11H2,1-3H3;13,15H,3-10H2,1-2H3,(H2,14,16)/p+2. The lowest BCUT2D eigenvalue weighted by atomic mass is 10.1. The maximum atomic E-state index is 12.3. The van der Waals surface area contributed by atoms with Crippen molar-refractivity contribution in [3.63, 3.8) is 0 Å². The number of aryl methyl sites for hydroxylation is 1. The molecule has 0 bridgehead atoms. The summed E-state index contributed by atoms with van der Waals surface area (Å²) in [6.45, 7) is 8.41. The Morgan fingerprint density at radius 3 is 1.92 bits per heavy atom. The van der Waals surface area contributed by atoms with Crippen LogP contribution in [0.15, 0.2) is 46.2 Å². The average Bonchev–Trinajstić information content (AvgIpc) is 3.08. The quantitative estimate of drug-likeness (QED) is 0.0227. The van der Waals surface area contributed by atoms with Crippen LogP contribution in [0.1, 0.15) is 85.6 Å². The predicted octanol–water partition coefficient (Wildman–Crippen LogP) is 3.78. The molecule has 2 aromatic carbocycles. The smallest absolute Gasteiger partial charge is 0.345 e.